The Morgan fingerprint density at radius 2 is 1.69 bits per heavy atom. The third-order valence-corrected chi connectivity index (χ3v) is 6.01. The zero-order valence-electron chi connectivity index (χ0n) is 16.6. The number of hydrogen-bond donors (Lipinski definition) is 1. The molecule has 0 fully saturated rings. The van der Waals surface area contributed by atoms with Crippen LogP contribution in [-0.2, 0) is 23.4 Å². The summed E-state index contributed by atoms with van der Waals surface area (Å²) in [6.45, 7) is 3.38. The number of Topliss-reactive ketones (excluding diaryl/α,β-unsaturated/α-hetero) is 1. The Bertz CT molecular complexity index is 488. The summed E-state index contributed by atoms with van der Waals surface area (Å²) in [6.07, 6.45) is 11.5. The molecule has 0 bridgehead atoms. The predicted octanol–water partition coefficient (Wildman–Crippen LogP) is 4.51. The lowest BCUT2D eigenvalue weighted by Crippen LogP contribution is -2.31. The Balaban J connectivity index is 4.64. The zero-order chi connectivity index (χ0) is 20.0. The quantitative estimate of drug-likeness (QED) is 0.145. The van der Waals surface area contributed by atoms with Gasteiger partial charge in [0, 0.05) is 7.11 Å². The molecule has 26 heavy (non-hydrogen) atoms. The van der Waals surface area contributed by atoms with Gasteiger partial charge in [0.2, 0.25) is 0 Å². The van der Waals surface area contributed by atoms with Crippen molar-refractivity contribution in [2.45, 2.75) is 65.2 Å². The maximum absolute atomic E-state index is 12.0. The molecule has 0 aliphatic rings. The molecule has 7 heteroatoms. The summed E-state index contributed by atoms with van der Waals surface area (Å²) in [5.74, 6) is -2.03. The number of esters is 1. The fourth-order valence-corrected chi connectivity index (χ4v) is 3.92. The highest BCUT2D eigenvalue weighted by Crippen LogP contribution is 2.43. The van der Waals surface area contributed by atoms with Gasteiger partial charge in [0.05, 0.1) is 13.3 Å². The highest BCUT2D eigenvalue weighted by Gasteiger charge is 2.34. The fourth-order valence-electron chi connectivity index (χ4n) is 3.08. The van der Waals surface area contributed by atoms with Crippen molar-refractivity contribution in [3.63, 3.8) is 0 Å². The number of ether oxygens (including phenoxy) is 1. The van der Waals surface area contributed by atoms with Crippen LogP contribution in [0.3, 0.4) is 0 Å². The fraction of sp³-hybridized carbons (Fsp3) is 0.789. The summed E-state index contributed by atoms with van der Waals surface area (Å²) < 4.78 is 21.1. The van der Waals surface area contributed by atoms with Crippen molar-refractivity contribution in [2.24, 2.45) is 11.8 Å². The second kappa shape index (κ2) is 14.1. The van der Waals surface area contributed by atoms with Crippen LogP contribution < -0.4 is 0 Å². The number of unbranched alkanes of at least 4 members (excludes halogenated alkanes) is 5. The molecule has 0 aromatic carbocycles. The number of hydrogen-bond acceptors (Lipinski definition) is 5. The van der Waals surface area contributed by atoms with Gasteiger partial charge < -0.3 is 14.2 Å². The number of carbonyl (C=O) groups excluding carboxylic acids is 2. The van der Waals surface area contributed by atoms with Crippen LogP contribution in [0.2, 0.25) is 0 Å². The van der Waals surface area contributed by atoms with Gasteiger partial charge in [-0.25, -0.2) is 0 Å². The number of carbonyl (C=O) groups is 2. The molecule has 0 aromatic rings. The minimum absolute atomic E-state index is 0.0711. The van der Waals surface area contributed by atoms with Crippen LogP contribution in [-0.4, -0.2) is 37.0 Å². The Hall–Kier alpha value is -0.970. The van der Waals surface area contributed by atoms with E-state index in [1.54, 1.807) is 0 Å². The lowest BCUT2D eigenvalue weighted by atomic mass is 9.83. The molecule has 0 aliphatic heterocycles. The largest absolute Gasteiger partial charge is 0.468 e. The lowest BCUT2D eigenvalue weighted by Gasteiger charge is -2.24. The SMILES string of the molecule is C/C=C/CCCCCCC[C@H](CCP(=O)(O)OC)[C@H](C(C)=O)C(=O)OC. The smallest absolute Gasteiger partial charge is 0.327 e. The molecule has 0 radical (unpaired) electrons. The van der Waals surface area contributed by atoms with Gasteiger partial charge in [0.1, 0.15) is 11.7 Å². The number of allylic oxidation sites excluding steroid dienone is 2. The van der Waals surface area contributed by atoms with Crippen LogP contribution >= 0.6 is 7.60 Å². The standard InChI is InChI=1S/C19H35O6P/c1-5-6-7-8-9-10-11-12-13-17(14-15-26(22,23)25-4)18(16(2)20)19(21)24-3/h5-6,17-18H,7-15H2,1-4H3,(H,22,23)/b6-5+/t17-,18+/m1/s1. The highest BCUT2D eigenvalue weighted by atomic mass is 31.2. The van der Waals surface area contributed by atoms with Crippen molar-refractivity contribution in [1.82, 2.24) is 0 Å². The summed E-state index contributed by atoms with van der Waals surface area (Å²) in [4.78, 5) is 33.6. The summed E-state index contributed by atoms with van der Waals surface area (Å²) in [6, 6.07) is 0. The Labute approximate surface area is 157 Å². The summed E-state index contributed by atoms with van der Waals surface area (Å²) in [7, 11) is -1.22. The summed E-state index contributed by atoms with van der Waals surface area (Å²) in [5.41, 5.74) is 0. The third-order valence-electron chi connectivity index (χ3n) is 4.61. The van der Waals surface area contributed by atoms with Crippen LogP contribution in [0.15, 0.2) is 12.2 Å². The van der Waals surface area contributed by atoms with E-state index in [9.17, 15) is 19.0 Å². The van der Waals surface area contributed by atoms with Crippen LogP contribution in [0.5, 0.6) is 0 Å². The maximum atomic E-state index is 12.0. The van der Waals surface area contributed by atoms with Crippen LogP contribution in [0.25, 0.3) is 0 Å². The van der Waals surface area contributed by atoms with Crippen molar-refractivity contribution in [3.8, 4) is 0 Å². The van der Waals surface area contributed by atoms with E-state index >= 15 is 0 Å². The van der Waals surface area contributed by atoms with Gasteiger partial charge in [-0.15, -0.1) is 0 Å². The van der Waals surface area contributed by atoms with E-state index in [0.29, 0.717) is 6.42 Å². The molecule has 152 valence electrons. The molecular weight excluding hydrogens is 355 g/mol. The Kier molecular flexibility index (Phi) is 13.6. The normalized spacial score (nSPS) is 16.2. The lowest BCUT2D eigenvalue weighted by molar-refractivity contribution is -0.151. The average molecular weight is 390 g/mol. The van der Waals surface area contributed by atoms with Gasteiger partial charge in [0.15, 0.2) is 0 Å². The van der Waals surface area contributed by atoms with Crippen molar-refractivity contribution in [3.05, 3.63) is 12.2 Å². The molecule has 0 saturated carbocycles. The first-order valence-corrected chi connectivity index (χ1v) is 11.1. The Morgan fingerprint density at radius 1 is 1.08 bits per heavy atom. The van der Waals surface area contributed by atoms with Crippen LogP contribution in [0.1, 0.15) is 65.2 Å². The molecule has 0 saturated heterocycles. The zero-order valence-corrected chi connectivity index (χ0v) is 17.5. The molecule has 0 rings (SSSR count). The number of methoxy groups -OCH3 is 1. The molecule has 6 nitrogen and oxygen atoms in total. The van der Waals surface area contributed by atoms with Crippen LogP contribution in [0.4, 0.5) is 0 Å². The van der Waals surface area contributed by atoms with Crippen molar-refractivity contribution >= 4 is 19.3 Å². The summed E-state index contributed by atoms with van der Waals surface area (Å²) >= 11 is 0. The molecule has 0 aliphatic carbocycles. The first kappa shape index (κ1) is 25.0. The molecule has 1 unspecified atom stereocenters. The van der Waals surface area contributed by atoms with Gasteiger partial charge in [0.25, 0.3) is 0 Å². The molecule has 0 heterocycles. The minimum Gasteiger partial charge on any atom is -0.468 e. The average Bonchev–Trinajstić information content (AvgIpc) is 2.60. The second-order valence-electron chi connectivity index (χ2n) is 6.62. The molecule has 0 amide bonds. The third kappa shape index (κ3) is 10.9. The van der Waals surface area contributed by atoms with Crippen molar-refractivity contribution in [1.29, 1.82) is 0 Å². The molecule has 1 N–H and O–H groups in total. The highest BCUT2D eigenvalue weighted by molar-refractivity contribution is 7.52. The molecule has 0 spiro atoms. The van der Waals surface area contributed by atoms with E-state index in [4.69, 9.17) is 4.74 Å². The second-order valence-corrected chi connectivity index (χ2v) is 8.71. The van der Waals surface area contributed by atoms with Gasteiger partial charge in [-0.2, -0.15) is 0 Å². The van der Waals surface area contributed by atoms with Gasteiger partial charge >= 0.3 is 13.6 Å². The Morgan fingerprint density at radius 3 is 2.23 bits per heavy atom. The van der Waals surface area contributed by atoms with Crippen LogP contribution in [0, 0.1) is 11.8 Å². The predicted molar refractivity (Wildman–Crippen MR) is 103 cm³/mol. The summed E-state index contributed by atoms with van der Waals surface area (Å²) in [5, 5.41) is 0. The monoisotopic (exact) mass is 390 g/mol. The van der Waals surface area contributed by atoms with E-state index in [2.05, 4.69) is 16.7 Å². The number of rotatable bonds is 15. The maximum Gasteiger partial charge on any atom is 0.327 e. The van der Waals surface area contributed by atoms with Crippen molar-refractivity contribution in [2.75, 3.05) is 20.4 Å². The van der Waals surface area contributed by atoms with E-state index < -0.39 is 19.5 Å². The molecular formula is C19H35O6P. The van der Waals surface area contributed by atoms with E-state index in [1.807, 2.05) is 6.92 Å². The first-order chi connectivity index (χ1) is 12.3. The number of ketones is 1. The molecule has 0 aromatic heterocycles. The van der Waals surface area contributed by atoms with Gasteiger partial charge in [-0.3, -0.25) is 14.2 Å². The minimum atomic E-state index is -3.67. The topological polar surface area (TPSA) is 89.9 Å². The first-order valence-electron chi connectivity index (χ1n) is 9.36. The van der Waals surface area contributed by atoms with E-state index in [-0.39, 0.29) is 24.3 Å². The van der Waals surface area contributed by atoms with Crippen molar-refractivity contribution < 1.29 is 28.3 Å². The van der Waals surface area contributed by atoms with E-state index in [1.165, 1.54) is 21.1 Å². The van der Waals surface area contributed by atoms with Gasteiger partial charge in [-0.1, -0.05) is 37.8 Å². The molecule has 3 atom stereocenters. The van der Waals surface area contributed by atoms with Gasteiger partial charge in [-0.05, 0) is 45.4 Å². The van der Waals surface area contributed by atoms with E-state index in [0.717, 1.165) is 38.5 Å².